The first kappa shape index (κ1) is 21.3. The third-order valence-corrected chi connectivity index (χ3v) is 5.01. The van der Waals surface area contributed by atoms with E-state index in [4.69, 9.17) is 9.47 Å². The molecule has 12 heteroatoms. The molecule has 2 aromatic carbocycles. The topological polar surface area (TPSA) is 102 Å². The molecule has 2 aromatic rings. The SMILES string of the molecule is COc1ccc(N(OC(F)(F)F)S(=O)(=O)c2ccccc2C(=O)O)cc1OC. The van der Waals surface area contributed by atoms with Crippen molar-refractivity contribution in [3.8, 4) is 11.5 Å². The molecule has 152 valence electrons. The standard InChI is InChI=1S/C16H14F3NO7S/c1-25-12-8-7-10(9-13(12)26-2)20(27-16(17,18)19)28(23,24)14-6-4-3-5-11(14)15(21)22/h3-9H,1-2H3,(H,21,22). The Labute approximate surface area is 157 Å². The fourth-order valence-corrected chi connectivity index (χ4v) is 3.67. The van der Waals surface area contributed by atoms with E-state index in [1.54, 1.807) is 0 Å². The number of hydrogen-bond donors (Lipinski definition) is 1. The molecule has 0 saturated heterocycles. The summed E-state index contributed by atoms with van der Waals surface area (Å²) in [4.78, 5) is 14.1. The van der Waals surface area contributed by atoms with Crippen LogP contribution in [0.4, 0.5) is 18.9 Å². The molecule has 0 aliphatic heterocycles. The molecule has 0 atom stereocenters. The van der Waals surface area contributed by atoms with E-state index in [2.05, 4.69) is 4.84 Å². The second kappa shape index (κ2) is 7.94. The molecule has 0 heterocycles. The number of alkyl halides is 3. The Hall–Kier alpha value is -2.99. The third-order valence-electron chi connectivity index (χ3n) is 3.38. The number of anilines is 1. The van der Waals surface area contributed by atoms with E-state index in [1.807, 2.05) is 0 Å². The van der Waals surface area contributed by atoms with Gasteiger partial charge in [-0.3, -0.25) is 0 Å². The number of rotatable bonds is 7. The van der Waals surface area contributed by atoms with Crippen molar-refractivity contribution in [2.45, 2.75) is 11.3 Å². The van der Waals surface area contributed by atoms with E-state index in [0.29, 0.717) is 0 Å². The van der Waals surface area contributed by atoms with Crippen LogP contribution in [0.15, 0.2) is 47.4 Å². The Bertz CT molecular complexity index is 976. The number of methoxy groups -OCH3 is 2. The highest BCUT2D eigenvalue weighted by Crippen LogP contribution is 2.36. The summed E-state index contributed by atoms with van der Waals surface area (Å²) in [6.45, 7) is 0. The van der Waals surface area contributed by atoms with Crippen LogP contribution in [0.25, 0.3) is 0 Å². The van der Waals surface area contributed by atoms with Crippen molar-refractivity contribution in [2.24, 2.45) is 0 Å². The maximum atomic E-state index is 12.9. The van der Waals surface area contributed by atoms with Crippen molar-refractivity contribution in [3.63, 3.8) is 0 Å². The van der Waals surface area contributed by atoms with E-state index in [-0.39, 0.29) is 11.5 Å². The highest BCUT2D eigenvalue weighted by molar-refractivity contribution is 7.92. The van der Waals surface area contributed by atoms with Crippen LogP contribution in [0.2, 0.25) is 0 Å². The van der Waals surface area contributed by atoms with Crippen LogP contribution in [0.5, 0.6) is 11.5 Å². The molecular weight excluding hydrogens is 407 g/mol. The molecule has 0 spiro atoms. The van der Waals surface area contributed by atoms with Crippen LogP contribution < -0.4 is 13.9 Å². The summed E-state index contributed by atoms with van der Waals surface area (Å²) in [5.74, 6) is -1.59. The number of sulfonamides is 1. The molecule has 0 bridgehead atoms. The summed E-state index contributed by atoms with van der Waals surface area (Å²) in [5.41, 5.74) is -1.31. The second-order valence-corrected chi connectivity index (χ2v) is 6.83. The number of aromatic carboxylic acids is 1. The monoisotopic (exact) mass is 421 g/mol. The quantitative estimate of drug-likeness (QED) is 0.686. The summed E-state index contributed by atoms with van der Waals surface area (Å²) >= 11 is 0. The van der Waals surface area contributed by atoms with Crippen molar-refractivity contribution < 1.29 is 45.8 Å². The van der Waals surface area contributed by atoms with Crippen molar-refractivity contribution in [1.29, 1.82) is 0 Å². The summed E-state index contributed by atoms with van der Waals surface area (Å²) in [6, 6.07) is 7.27. The highest BCUT2D eigenvalue weighted by Gasteiger charge is 2.41. The fraction of sp³-hybridized carbons (Fsp3) is 0.188. The fourth-order valence-electron chi connectivity index (χ4n) is 2.23. The van der Waals surface area contributed by atoms with Gasteiger partial charge in [0.15, 0.2) is 11.5 Å². The average Bonchev–Trinajstić information content (AvgIpc) is 2.64. The smallest absolute Gasteiger partial charge is 0.493 e. The van der Waals surface area contributed by atoms with Gasteiger partial charge in [-0.05, 0) is 24.3 Å². The lowest BCUT2D eigenvalue weighted by Gasteiger charge is -2.25. The molecule has 0 saturated carbocycles. The molecule has 0 unspecified atom stereocenters. The van der Waals surface area contributed by atoms with E-state index in [1.165, 1.54) is 32.4 Å². The van der Waals surface area contributed by atoms with Gasteiger partial charge in [0, 0.05) is 6.07 Å². The predicted molar refractivity (Wildman–Crippen MR) is 89.8 cm³/mol. The number of nitrogens with zero attached hydrogens (tertiary/aromatic N) is 1. The summed E-state index contributed by atoms with van der Waals surface area (Å²) in [5, 5.41) is 9.18. The zero-order chi connectivity index (χ0) is 21.1. The molecule has 0 amide bonds. The van der Waals surface area contributed by atoms with E-state index >= 15 is 0 Å². The molecule has 0 aromatic heterocycles. The van der Waals surface area contributed by atoms with Crippen LogP contribution in [-0.4, -0.2) is 40.1 Å². The number of hydrogen-bond acceptors (Lipinski definition) is 6. The molecule has 8 nitrogen and oxygen atoms in total. The van der Waals surface area contributed by atoms with E-state index in [0.717, 1.165) is 24.3 Å². The maximum absolute atomic E-state index is 12.9. The molecular formula is C16H14F3NO7S. The lowest BCUT2D eigenvalue weighted by atomic mass is 10.2. The van der Waals surface area contributed by atoms with Crippen LogP contribution in [0, 0.1) is 0 Å². The van der Waals surface area contributed by atoms with Crippen LogP contribution in [0.1, 0.15) is 10.4 Å². The largest absolute Gasteiger partial charge is 0.544 e. The van der Waals surface area contributed by atoms with E-state index < -0.39 is 43.0 Å². The predicted octanol–water partition coefficient (Wildman–Crippen LogP) is 3.05. The molecule has 28 heavy (non-hydrogen) atoms. The Kier molecular flexibility index (Phi) is 6.04. The van der Waals surface area contributed by atoms with Gasteiger partial charge in [-0.2, -0.15) is 13.3 Å². The number of halogens is 3. The number of benzene rings is 2. The Morgan fingerprint density at radius 3 is 2.18 bits per heavy atom. The maximum Gasteiger partial charge on any atom is 0.544 e. The molecule has 2 rings (SSSR count). The zero-order valence-corrected chi connectivity index (χ0v) is 15.2. The number of carboxylic acids is 1. The van der Waals surface area contributed by atoms with Gasteiger partial charge in [-0.1, -0.05) is 12.1 Å². The van der Waals surface area contributed by atoms with Gasteiger partial charge in [0.05, 0.1) is 25.5 Å². The van der Waals surface area contributed by atoms with Crippen molar-refractivity contribution in [3.05, 3.63) is 48.0 Å². The van der Waals surface area contributed by atoms with Crippen molar-refractivity contribution >= 4 is 21.7 Å². The number of ether oxygens (including phenoxy) is 2. The molecule has 0 aliphatic rings. The van der Waals surface area contributed by atoms with Gasteiger partial charge >= 0.3 is 12.3 Å². The zero-order valence-electron chi connectivity index (χ0n) is 14.4. The van der Waals surface area contributed by atoms with Gasteiger partial charge in [0.25, 0.3) is 10.0 Å². The Morgan fingerprint density at radius 1 is 1.04 bits per heavy atom. The van der Waals surface area contributed by atoms with Crippen molar-refractivity contribution in [1.82, 2.24) is 0 Å². The lowest BCUT2D eigenvalue weighted by molar-refractivity contribution is -0.322. The summed E-state index contributed by atoms with van der Waals surface area (Å²) < 4.78 is 74.0. The van der Waals surface area contributed by atoms with Crippen LogP contribution in [-0.2, 0) is 14.9 Å². The number of carbonyl (C=O) groups is 1. The third kappa shape index (κ3) is 4.46. The van der Waals surface area contributed by atoms with Crippen molar-refractivity contribution in [2.75, 3.05) is 18.7 Å². The van der Waals surface area contributed by atoms with Gasteiger partial charge in [-0.25, -0.2) is 4.79 Å². The normalized spacial score (nSPS) is 11.8. The average molecular weight is 421 g/mol. The van der Waals surface area contributed by atoms with Crippen LogP contribution >= 0.6 is 0 Å². The second-order valence-electron chi connectivity index (χ2n) is 5.11. The van der Waals surface area contributed by atoms with Gasteiger partial charge in [-0.15, -0.1) is 17.6 Å². The van der Waals surface area contributed by atoms with Crippen LogP contribution in [0.3, 0.4) is 0 Å². The molecule has 1 N–H and O–H groups in total. The Morgan fingerprint density at radius 2 is 1.64 bits per heavy atom. The first-order valence-electron chi connectivity index (χ1n) is 7.37. The molecule has 0 aliphatic carbocycles. The molecule has 0 fully saturated rings. The highest BCUT2D eigenvalue weighted by atomic mass is 32.2. The first-order valence-corrected chi connectivity index (χ1v) is 8.81. The van der Waals surface area contributed by atoms with Gasteiger partial charge in [0.1, 0.15) is 4.90 Å². The molecule has 0 radical (unpaired) electrons. The lowest BCUT2D eigenvalue weighted by Crippen LogP contribution is -2.37. The summed E-state index contributed by atoms with van der Waals surface area (Å²) in [6.07, 6.45) is -5.39. The van der Waals surface area contributed by atoms with E-state index in [9.17, 15) is 31.5 Å². The summed E-state index contributed by atoms with van der Waals surface area (Å²) in [7, 11) is -2.62. The Balaban J connectivity index is 2.69. The van der Waals surface area contributed by atoms with Gasteiger partial charge < -0.3 is 14.6 Å². The van der Waals surface area contributed by atoms with Gasteiger partial charge in [0.2, 0.25) is 0 Å². The number of carboxylic acid groups (broad SMARTS) is 1. The minimum Gasteiger partial charge on any atom is -0.493 e. The minimum absolute atomic E-state index is 0.0718. The first-order chi connectivity index (χ1) is 13.0. The minimum atomic E-state index is -5.39.